The number of carbonyl (C=O) groups excluding carboxylic acids is 1. The van der Waals surface area contributed by atoms with Crippen LogP contribution in [0.1, 0.15) is 10.6 Å². The molecule has 4 rings (SSSR count). The van der Waals surface area contributed by atoms with Crippen molar-refractivity contribution in [3.63, 3.8) is 0 Å². The smallest absolute Gasteiger partial charge is 0.293 e. The van der Waals surface area contributed by atoms with E-state index in [0.717, 1.165) is 4.88 Å². The summed E-state index contributed by atoms with van der Waals surface area (Å²) in [6.45, 7) is 0.559. The molecule has 1 aliphatic heterocycles. The van der Waals surface area contributed by atoms with E-state index in [1.165, 1.54) is 33.1 Å². The topological polar surface area (TPSA) is 71.2 Å². The standard InChI is InChI=1S/C16H13FN4O2S/c17-10-3-1-4-11(7-10)21-15(13-5-2-6-24-13)18-14(19-21)16(23)20-8-12(22)9-20/h1-7,12,22H,8-9H2. The number of halogens is 1. The third-order valence-electron chi connectivity index (χ3n) is 3.74. The van der Waals surface area contributed by atoms with Gasteiger partial charge in [-0.15, -0.1) is 16.4 Å². The van der Waals surface area contributed by atoms with Crippen molar-refractivity contribution in [1.29, 1.82) is 0 Å². The third-order valence-corrected chi connectivity index (χ3v) is 4.61. The lowest BCUT2D eigenvalue weighted by Crippen LogP contribution is -2.53. The van der Waals surface area contributed by atoms with Crippen molar-refractivity contribution in [2.24, 2.45) is 0 Å². The monoisotopic (exact) mass is 344 g/mol. The van der Waals surface area contributed by atoms with E-state index in [0.29, 0.717) is 11.5 Å². The van der Waals surface area contributed by atoms with Crippen LogP contribution in [-0.2, 0) is 0 Å². The van der Waals surface area contributed by atoms with Gasteiger partial charge in [-0.2, -0.15) is 0 Å². The molecule has 24 heavy (non-hydrogen) atoms. The van der Waals surface area contributed by atoms with E-state index in [9.17, 15) is 14.3 Å². The van der Waals surface area contributed by atoms with Crippen LogP contribution in [0.3, 0.4) is 0 Å². The summed E-state index contributed by atoms with van der Waals surface area (Å²) in [5.74, 6) is -0.207. The van der Waals surface area contributed by atoms with Gasteiger partial charge in [-0.05, 0) is 29.6 Å². The molecule has 1 amide bonds. The Labute approximate surface area is 140 Å². The highest BCUT2D eigenvalue weighted by Gasteiger charge is 2.32. The van der Waals surface area contributed by atoms with Crippen molar-refractivity contribution in [3.8, 4) is 16.4 Å². The SMILES string of the molecule is O=C(c1nc(-c2cccs2)n(-c2cccc(F)c2)n1)N1CC(O)C1. The summed E-state index contributed by atoms with van der Waals surface area (Å²) in [6.07, 6.45) is -0.490. The van der Waals surface area contributed by atoms with E-state index in [2.05, 4.69) is 10.1 Å². The first-order valence-electron chi connectivity index (χ1n) is 7.36. The molecule has 1 saturated heterocycles. The van der Waals surface area contributed by atoms with Gasteiger partial charge in [0.25, 0.3) is 5.91 Å². The predicted molar refractivity (Wildman–Crippen MR) is 86.5 cm³/mol. The van der Waals surface area contributed by atoms with Crippen LogP contribution in [-0.4, -0.2) is 49.9 Å². The second kappa shape index (κ2) is 5.81. The normalized spacial score (nSPS) is 14.7. The molecule has 1 aromatic carbocycles. The molecule has 0 aliphatic carbocycles. The lowest BCUT2D eigenvalue weighted by Gasteiger charge is -2.34. The van der Waals surface area contributed by atoms with Crippen molar-refractivity contribution in [1.82, 2.24) is 19.7 Å². The Balaban J connectivity index is 1.78. The van der Waals surface area contributed by atoms with Crippen LogP contribution < -0.4 is 0 Å². The molecule has 0 saturated carbocycles. The van der Waals surface area contributed by atoms with Crippen molar-refractivity contribution < 1.29 is 14.3 Å². The minimum absolute atomic E-state index is 0.0366. The molecule has 0 radical (unpaired) electrons. The summed E-state index contributed by atoms with van der Waals surface area (Å²) >= 11 is 1.46. The molecular weight excluding hydrogens is 331 g/mol. The Morgan fingerprint density at radius 2 is 2.12 bits per heavy atom. The van der Waals surface area contributed by atoms with Gasteiger partial charge in [-0.3, -0.25) is 4.79 Å². The Morgan fingerprint density at radius 1 is 1.29 bits per heavy atom. The van der Waals surface area contributed by atoms with E-state index >= 15 is 0 Å². The Morgan fingerprint density at radius 3 is 2.79 bits per heavy atom. The average Bonchev–Trinajstić information content (AvgIpc) is 3.20. The number of thiophene rings is 1. The van der Waals surface area contributed by atoms with E-state index < -0.39 is 6.10 Å². The number of β-amino-alcohol motifs (C(OH)–C–C–N with tert-alkyl or cyclic N) is 1. The maximum atomic E-state index is 13.6. The van der Waals surface area contributed by atoms with Crippen LogP contribution in [0.4, 0.5) is 4.39 Å². The van der Waals surface area contributed by atoms with Crippen molar-refractivity contribution in [2.75, 3.05) is 13.1 Å². The number of aliphatic hydroxyl groups excluding tert-OH is 1. The van der Waals surface area contributed by atoms with E-state index in [4.69, 9.17) is 0 Å². The zero-order chi connectivity index (χ0) is 16.7. The number of hydrogen-bond donors (Lipinski definition) is 1. The van der Waals surface area contributed by atoms with Crippen molar-refractivity contribution in [3.05, 3.63) is 53.4 Å². The van der Waals surface area contributed by atoms with Gasteiger partial charge in [-0.1, -0.05) is 12.1 Å². The lowest BCUT2D eigenvalue weighted by atomic mass is 10.2. The van der Waals surface area contributed by atoms with Crippen LogP contribution in [0.25, 0.3) is 16.4 Å². The fourth-order valence-electron chi connectivity index (χ4n) is 2.52. The number of aromatic nitrogens is 3. The number of aliphatic hydroxyl groups is 1. The summed E-state index contributed by atoms with van der Waals surface area (Å²) in [5.41, 5.74) is 0.494. The number of hydrogen-bond acceptors (Lipinski definition) is 5. The van der Waals surface area contributed by atoms with Gasteiger partial charge in [-0.25, -0.2) is 14.1 Å². The fourth-order valence-corrected chi connectivity index (χ4v) is 3.22. The second-order valence-electron chi connectivity index (χ2n) is 5.49. The highest BCUT2D eigenvalue weighted by Crippen LogP contribution is 2.26. The quantitative estimate of drug-likeness (QED) is 0.788. The lowest BCUT2D eigenvalue weighted by molar-refractivity contribution is 0.00509. The van der Waals surface area contributed by atoms with Crippen LogP contribution in [0.5, 0.6) is 0 Å². The molecule has 0 unspecified atom stereocenters. The summed E-state index contributed by atoms with van der Waals surface area (Å²) in [6, 6.07) is 9.71. The predicted octanol–water partition coefficient (Wildman–Crippen LogP) is 1.95. The van der Waals surface area contributed by atoms with Gasteiger partial charge in [0, 0.05) is 13.1 Å². The molecular formula is C16H13FN4O2S. The summed E-state index contributed by atoms with van der Waals surface area (Å²) in [4.78, 5) is 19.1. The van der Waals surface area contributed by atoms with Crippen molar-refractivity contribution in [2.45, 2.75) is 6.10 Å². The minimum atomic E-state index is -0.490. The number of benzene rings is 1. The Kier molecular flexibility index (Phi) is 3.62. The van der Waals surface area contributed by atoms with E-state index in [1.807, 2.05) is 17.5 Å². The average molecular weight is 344 g/mol. The number of amides is 1. The fraction of sp³-hybridized carbons (Fsp3) is 0.188. The maximum Gasteiger partial charge on any atom is 0.293 e. The Bertz CT molecular complexity index is 887. The van der Waals surface area contributed by atoms with E-state index in [-0.39, 0.29) is 30.6 Å². The van der Waals surface area contributed by atoms with Crippen LogP contribution in [0, 0.1) is 5.82 Å². The molecule has 1 N–H and O–H groups in total. The summed E-state index contributed by atoms with van der Waals surface area (Å²) in [5, 5.41) is 15.5. The highest BCUT2D eigenvalue weighted by molar-refractivity contribution is 7.13. The van der Waals surface area contributed by atoms with Gasteiger partial charge in [0.2, 0.25) is 5.82 Å². The first kappa shape index (κ1) is 15.0. The molecule has 6 nitrogen and oxygen atoms in total. The van der Waals surface area contributed by atoms with Crippen molar-refractivity contribution >= 4 is 17.2 Å². The number of carbonyl (C=O) groups is 1. The largest absolute Gasteiger partial charge is 0.389 e. The molecule has 8 heteroatoms. The van der Waals surface area contributed by atoms with Gasteiger partial charge in [0.1, 0.15) is 5.82 Å². The number of rotatable bonds is 3. The van der Waals surface area contributed by atoms with Gasteiger partial charge in [0.15, 0.2) is 5.82 Å². The zero-order valence-corrected chi connectivity index (χ0v) is 13.3. The van der Waals surface area contributed by atoms with Crippen LogP contribution in [0.2, 0.25) is 0 Å². The highest BCUT2D eigenvalue weighted by atomic mass is 32.1. The zero-order valence-electron chi connectivity index (χ0n) is 12.5. The number of nitrogens with zero attached hydrogens (tertiary/aromatic N) is 4. The molecule has 0 bridgehead atoms. The van der Waals surface area contributed by atoms with Gasteiger partial charge >= 0.3 is 0 Å². The Hall–Kier alpha value is -2.58. The summed E-state index contributed by atoms with van der Waals surface area (Å²) < 4.78 is 15.0. The van der Waals surface area contributed by atoms with Gasteiger partial charge < -0.3 is 10.0 Å². The van der Waals surface area contributed by atoms with Crippen LogP contribution >= 0.6 is 11.3 Å². The molecule has 3 heterocycles. The first-order valence-corrected chi connectivity index (χ1v) is 8.24. The van der Waals surface area contributed by atoms with Crippen LogP contribution in [0.15, 0.2) is 41.8 Å². The first-order chi connectivity index (χ1) is 11.6. The van der Waals surface area contributed by atoms with E-state index in [1.54, 1.807) is 12.1 Å². The molecule has 1 fully saturated rings. The molecule has 1 aliphatic rings. The second-order valence-corrected chi connectivity index (χ2v) is 6.44. The third kappa shape index (κ3) is 2.59. The maximum absolute atomic E-state index is 13.6. The molecule has 0 atom stereocenters. The minimum Gasteiger partial charge on any atom is -0.389 e. The molecule has 122 valence electrons. The van der Waals surface area contributed by atoms with Gasteiger partial charge in [0.05, 0.1) is 16.7 Å². The summed E-state index contributed by atoms with van der Waals surface area (Å²) in [7, 11) is 0. The number of likely N-dealkylation sites (tertiary alicyclic amines) is 1. The molecule has 2 aromatic heterocycles. The molecule has 3 aromatic rings. The molecule has 0 spiro atoms.